The Morgan fingerprint density at radius 3 is 2.50 bits per heavy atom. The lowest BCUT2D eigenvalue weighted by Gasteiger charge is -2.26. The predicted octanol–water partition coefficient (Wildman–Crippen LogP) is 4.17. The van der Waals surface area contributed by atoms with Crippen LogP contribution in [0.3, 0.4) is 0 Å². The molecule has 0 bridgehead atoms. The first-order valence-electron chi connectivity index (χ1n) is 7.62. The van der Waals surface area contributed by atoms with E-state index < -0.39 is 0 Å². The molecule has 0 aliphatic heterocycles. The van der Waals surface area contributed by atoms with Gasteiger partial charge >= 0.3 is 0 Å². The van der Waals surface area contributed by atoms with Gasteiger partial charge in [0.15, 0.2) is 0 Å². The van der Waals surface area contributed by atoms with Crippen molar-refractivity contribution in [2.75, 3.05) is 5.75 Å². The van der Waals surface area contributed by atoms with Gasteiger partial charge in [0.25, 0.3) is 0 Å². The molecule has 1 aromatic carbocycles. The van der Waals surface area contributed by atoms with E-state index in [-0.39, 0.29) is 5.91 Å². The van der Waals surface area contributed by atoms with Gasteiger partial charge in [-0.2, -0.15) is 0 Å². The lowest BCUT2D eigenvalue weighted by atomic mass is 9.87. The van der Waals surface area contributed by atoms with E-state index >= 15 is 0 Å². The molecule has 0 radical (unpaired) electrons. The van der Waals surface area contributed by atoms with Crippen LogP contribution in [0.1, 0.15) is 44.6 Å². The number of aryl methyl sites for hydroxylation is 1. The lowest BCUT2D eigenvalue weighted by molar-refractivity contribution is -0.121. The Balaban J connectivity index is 1.64. The third-order valence-electron chi connectivity index (χ3n) is 4.00. The standard InChI is InChI=1S/C17H25NOS/c1-13-3-7-15(8-4-13)18-17(19)11-12-20-16-9-5-14(2)6-10-16/h5-6,9-10,13,15H,3-4,7-8,11-12H2,1-2H3,(H,18,19). The third kappa shape index (κ3) is 5.20. The minimum absolute atomic E-state index is 0.212. The van der Waals surface area contributed by atoms with Crippen LogP contribution < -0.4 is 5.32 Å². The van der Waals surface area contributed by atoms with Gasteiger partial charge in [0.1, 0.15) is 0 Å². The van der Waals surface area contributed by atoms with Crippen LogP contribution in [0, 0.1) is 12.8 Å². The molecule has 0 heterocycles. The Hall–Kier alpha value is -0.960. The van der Waals surface area contributed by atoms with Gasteiger partial charge < -0.3 is 5.32 Å². The molecule has 20 heavy (non-hydrogen) atoms. The van der Waals surface area contributed by atoms with E-state index in [9.17, 15) is 4.79 Å². The normalized spacial score (nSPS) is 22.5. The first-order valence-corrected chi connectivity index (χ1v) is 8.61. The maximum absolute atomic E-state index is 11.9. The molecule has 1 aliphatic carbocycles. The summed E-state index contributed by atoms with van der Waals surface area (Å²) < 4.78 is 0. The fourth-order valence-electron chi connectivity index (χ4n) is 2.60. The molecular weight excluding hydrogens is 266 g/mol. The molecule has 1 saturated carbocycles. The van der Waals surface area contributed by atoms with Gasteiger partial charge in [-0.15, -0.1) is 11.8 Å². The molecule has 1 aliphatic rings. The van der Waals surface area contributed by atoms with Crippen molar-refractivity contribution < 1.29 is 4.79 Å². The summed E-state index contributed by atoms with van der Waals surface area (Å²) in [6.45, 7) is 4.39. The van der Waals surface area contributed by atoms with Gasteiger partial charge in [0.2, 0.25) is 5.91 Å². The zero-order valence-corrected chi connectivity index (χ0v) is 13.3. The van der Waals surface area contributed by atoms with E-state index in [4.69, 9.17) is 0 Å². The van der Waals surface area contributed by atoms with Crippen LogP contribution in [-0.2, 0) is 4.79 Å². The van der Waals surface area contributed by atoms with Gasteiger partial charge in [-0.05, 0) is 50.7 Å². The zero-order valence-electron chi connectivity index (χ0n) is 12.5. The predicted molar refractivity (Wildman–Crippen MR) is 86.1 cm³/mol. The Labute approximate surface area is 126 Å². The fraction of sp³-hybridized carbons (Fsp3) is 0.588. The second-order valence-electron chi connectivity index (χ2n) is 5.94. The van der Waals surface area contributed by atoms with Crippen LogP contribution in [0.25, 0.3) is 0 Å². The Bertz CT molecular complexity index is 421. The van der Waals surface area contributed by atoms with Crippen molar-refractivity contribution in [2.24, 2.45) is 5.92 Å². The molecule has 0 spiro atoms. The van der Waals surface area contributed by atoms with E-state index in [0.717, 1.165) is 24.5 Å². The molecule has 110 valence electrons. The number of amides is 1. The van der Waals surface area contributed by atoms with E-state index in [1.165, 1.54) is 23.3 Å². The summed E-state index contributed by atoms with van der Waals surface area (Å²) in [6, 6.07) is 8.90. The highest BCUT2D eigenvalue weighted by Crippen LogP contribution is 2.23. The number of hydrogen-bond donors (Lipinski definition) is 1. The SMILES string of the molecule is Cc1ccc(SCCC(=O)NC2CCC(C)CC2)cc1. The first-order chi connectivity index (χ1) is 9.63. The molecule has 1 N–H and O–H groups in total. The number of carbonyl (C=O) groups is 1. The van der Waals surface area contributed by atoms with Crippen molar-refractivity contribution in [3.8, 4) is 0 Å². The van der Waals surface area contributed by atoms with Gasteiger partial charge in [-0.3, -0.25) is 4.79 Å². The van der Waals surface area contributed by atoms with E-state index in [0.29, 0.717) is 12.5 Å². The highest BCUT2D eigenvalue weighted by Gasteiger charge is 2.19. The Morgan fingerprint density at radius 1 is 1.20 bits per heavy atom. The van der Waals surface area contributed by atoms with E-state index in [1.54, 1.807) is 11.8 Å². The van der Waals surface area contributed by atoms with Crippen LogP contribution in [0.15, 0.2) is 29.2 Å². The largest absolute Gasteiger partial charge is 0.353 e. The quantitative estimate of drug-likeness (QED) is 0.825. The van der Waals surface area contributed by atoms with Crippen molar-refractivity contribution in [1.29, 1.82) is 0 Å². The number of nitrogens with one attached hydrogen (secondary N) is 1. The number of thioether (sulfide) groups is 1. The average Bonchev–Trinajstić information content (AvgIpc) is 2.44. The summed E-state index contributed by atoms with van der Waals surface area (Å²) in [6.07, 6.45) is 5.42. The lowest BCUT2D eigenvalue weighted by Crippen LogP contribution is -2.37. The Morgan fingerprint density at radius 2 is 1.85 bits per heavy atom. The van der Waals surface area contributed by atoms with Crippen LogP contribution >= 0.6 is 11.8 Å². The highest BCUT2D eigenvalue weighted by molar-refractivity contribution is 7.99. The van der Waals surface area contributed by atoms with E-state index in [2.05, 4.69) is 43.4 Å². The second kappa shape index (κ2) is 7.72. The molecule has 2 rings (SSSR count). The van der Waals surface area contributed by atoms with Crippen LogP contribution in [0.4, 0.5) is 0 Å². The minimum Gasteiger partial charge on any atom is -0.353 e. The number of carbonyl (C=O) groups excluding carboxylic acids is 1. The van der Waals surface area contributed by atoms with Crippen molar-refractivity contribution in [1.82, 2.24) is 5.32 Å². The summed E-state index contributed by atoms with van der Waals surface area (Å²) in [5.74, 6) is 1.90. The zero-order chi connectivity index (χ0) is 14.4. The first kappa shape index (κ1) is 15.4. The van der Waals surface area contributed by atoms with Crippen molar-refractivity contribution in [2.45, 2.75) is 56.9 Å². The summed E-state index contributed by atoms with van der Waals surface area (Å²) in [4.78, 5) is 13.2. The van der Waals surface area contributed by atoms with Gasteiger partial charge in [0, 0.05) is 23.1 Å². The maximum Gasteiger partial charge on any atom is 0.221 e. The van der Waals surface area contributed by atoms with Crippen molar-refractivity contribution in [3.05, 3.63) is 29.8 Å². The number of benzene rings is 1. The van der Waals surface area contributed by atoms with Crippen LogP contribution in [0.2, 0.25) is 0 Å². The molecule has 1 aromatic rings. The fourth-order valence-corrected chi connectivity index (χ4v) is 3.45. The summed E-state index contributed by atoms with van der Waals surface area (Å²) in [5, 5.41) is 3.18. The molecule has 0 atom stereocenters. The third-order valence-corrected chi connectivity index (χ3v) is 5.01. The van der Waals surface area contributed by atoms with Crippen LogP contribution in [-0.4, -0.2) is 17.7 Å². The Kier molecular flexibility index (Phi) is 5.96. The highest BCUT2D eigenvalue weighted by atomic mass is 32.2. The molecule has 0 unspecified atom stereocenters. The number of hydrogen-bond acceptors (Lipinski definition) is 2. The minimum atomic E-state index is 0.212. The molecule has 3 heteroatoms. The molecule has 0 aromatic heterocycles. The van der Waals surface area contributed by atoms with Crippen LogP contribution in [0.5, 0.6) is 0 Å². The molecule has 2 nitrogen and oxygen atoms in total. The average molecular weight is 291 g/mol. The van der Waals surface area contributed by atoms with Gasteiger partial charge in [-0.1, -0.05) is 24.6 Å². The smallest absolute Gasteiger partial charge is 0.221 e. The molecular formula is C17H25NOS. The van der Waals surface area contributed by atoms with Gasteiger partial charge in [0.05, 0.1) is 0 Å². The second-order valence-corrected chi connectivity index (χ2v) is 7.10. The summed E-state index contributed by atoms with van der Waals surface area (Å²) in [7, 11) is 0. The van der Waals surface area contributed by atoms with Crippen molar-refractivity contribution >= 4 is 17.7 Å². The molecule has 0 saturated heterocycles. The maximum atomic E-state index is 11.9. The van der Waals surface area contributed by atoms with E-state index in [1.807, 2.05) is 0 Å². The summed E-state index contributed by atoms with van der Waals surface area (Å²) in [5.41, 5.74) is 1.28. The molecule has 1 fully saturated rings. The van der Waals surface area contributed by atoms with Crippen molar-refractivity contribution in [3.63, 3.8) is 0 Å². The molecule has 1 amide bonds. The number of rotatable bonds is 5. The topological polar surface area (TPSA) is 29.1 Å². The van der Waals surface area contributed by atoms with Gasteiger partial charge in [-0.25, -0.2) is 0 Å². The summed E-state index contributed by atoms with van der Waals surface area (Å²) >= 11 is 1.76. The monoisotopic (exact) mass is 291 g/mol.